The predicted octanol–water partition coefficient (Wildman–Crippen LogP) is 2.99. The van der Waals surface area contributed by atoms with Crippen LogP contribution in [0.3, 0.4) is 0 Å². The number of nitrogens with one attached hydrogen (secondary N) is 1. The fourth-order valence-electron chi connectivity index (χ4n) is 2.76. The van der Waals surface area contributed by atoms with Gasteiger partial charge in [0.05, 0.1) is 0 Å². The van der Waals surface area contributed by atoms with Gasteiger partial charge in [0.25, 0.3) is 5.91 Å². The van der Waals surface area contributed by atoms with Crippen LogP contribution in [0.2, 0.25) is 0 Å². The average Bonchev–Trinajstić information content (AvgIpc) is 3.13. The summed E-state index contributed by atoms with van der Waals surface area (Å²) in [7, 11) is 0. The number of nitrogens with zero attached hydrogens (tertiary/aromatic N) is 1. The second-order valence-corrected chi connectivity index (χ2v) is 7.11. The first-order valence-electron chi connectivity index (χ1n) is 9.25. The van der Waals surface area contributed by atoms with E-state index in [-0.39, 0.29) is 11.8 Å². The normalized spacial score (nSPS) is 15.4. The summed E-state index contributed by atoms with van der Waals surface area (Å²) >= 11 is 0. The summed E-state index contributed by atoms with van der Waals surface area (Å²) in [5, 5.41) is 2.88. The van der Waals surface area contributed by atoms with Gasteiger partial charge in [0.2, 0.25) is 5.91 Å². The maximum absolute atomic E-state index is 12.3. The first kappa shape index (κ1) is 19.4. The maximum atomic E-state index is 12.3. The number of rotatable bonds is 8. The standard InChI is InChI=1S/C20H30N2O3/c1-15(2)10-13-25-16(3)19(23)21-14-17-6-8-18(9-7-17)20(24)22-11-4-5-12-22/h6-9,15-16H,4-5,10-14H2,1-3H3,(H,21,23)/t16-/m0/s1. The molecule has 1 aliphatic rings. The Kier molecular flexibility index (Phi) is 7.44. The minimum atomic E-state index is -0.449. The van der Waals surface area contributed by atoms with Gasteiger partial charge in [-0.05, 0) is 49.8 Å². The summed E-state index contributed by atoms with van der Waals surface area (Å²) in [5.41, 5.74) is 1.68. The minimum absolute atomic E-state index is 0.0975. The van der Waals surface area contributed by atoms with Gasteiger partial charge in [0.15, 0.2) is 0 Å². The Labute approximate surface area is 150 Å². The zero-order valence-corrected chi connectivity index (χ0v) is 15.6. The summed E-state index contributed by atoms with van der Waals surface area (Å²) in [6.07, 6.45) is 2.68. The summed E-state index contributed by atoms with van der Waals surface area (Å²) in [5.74, 6) is 0.554. The SMILES string of the molecule is CC(C)CCO[C@@H](C)C(=O)NCc1ccc(C(=O)N2CCCC2)cc1. The number of amides is 2. The van der Waals surface area contributed by atoms with E-state index in [1.54, 1.807) is 6.92 Å². The highest BCUT2D eigenvalue weighted by molar-refractivity contribution is 5.94. The van der Waals surface area contributed by atoms with Crippen LogP contribution in [0.25, 0.3) is 0 Å². The molecule has 1 saturated heterocycles. The molecule has 0 spiro atoms. The fraction of sp³-hybridized carbons (Fsp3) is 0.600. The third kappa shape index (κ3) is 6.16. The van der Waals surface area contributed by atoms with Crippen LogP contribution in [0.5, 0.6) is 0 Å². The molecular weight excluding hydrogens is 316 g/mol. The summed E-state index contributed by atoms with van der Waals surface area (Å²) in [6.45, 7) is 8.77. The lowest BCUT2D eigenvalue weighted by Gasteiger charge is -2.16. The molecule has 2 rings (SSSR count). The maximum Gasteiger partial charge on any atom is 0.253 e. The number of ether oxygens (including phenoxy) is 1. The molecule has 1 fully saturated rings. The van der Waals surface area contributed by atoms with E-state index in [0.29, 0.717) is 24.6 Å². The highest BCUT2D eigenvalue weighted by Gasteiger charge is 2.19. The molecule has 1 aromatic rings. The Hall–Kier alpha value is -1.88. The van der Waals surface area contributed by atoms with Gasteiger partial charge in [-0.1, -0.05) is 26.0 Å². The molecule has 0 radical (unpaired) electrons. The highest BCUT2D eigenvalue weighted by Crippen LogP contribution is 2.13. The topological polar surface area (TPSA) is 58.6 Å². The lowest BCUT2D eigenvalue weighted by molar-refractivity contribution is -0.132. The minimum Gasteiger partial charge on any atom is -0.369 e. The molecule has 0 saturated carbocycles. The molecule has 0 unspecified atom stereocenters. The number of carbonyl (C=O) groups is 2. The Morgan fingerprint density at radius 1 is 1.12 bits per heavy atom. The van der Waals surface area contributed by atoms with Gasteiger partial charge in [-0.15, -0.1) is 0 Å². The van der Waals surface area contributed by atoms with Crippen LogP contribution in [0, 0.1) is 5.92 Å². The summed E-state index contributed by atoms with van der Waals surface area (Å²) in [6, 6.07) is 7.47. The molecule has 2 amide bonds. The second-order valence-electron chi connectivity index (χ2n) is 7.11. The van der Waals surface area contributed by atoms with E-state index in [0.717, 1.165) is 37.9 Å². The van der Waals surface area contributed by atoms with Crippen molar-refractivity contribution in [3.63, 3.8) is 0 Å². The zero-order valence-electron chi connectivity index (χ0n) is 15.6. The Bertz CT molecular complexity index is 563. The van der Waals surface area contributed by atoms with Crippen molar-refractivity contribution in [2.24, 2.45) is 5.92 Å². The van der Waals surface area contributed by atoms with Gasteiger partial charge in [-0.25, -0.2) is 0 Å². The van der Waals surface area contributed by atoms with Crippen molar-refractivity contribution >= 4 is 11.8 Å². The van der Waals surface area contributed by atoms with E-state index in [1.165, 1.54) is 0 Å². The van der Waals surface area contributed by atoms with Gasteiger partial charge >= 0.3 is 0 Å². The third-order valence-electron chi connectivity index (χ3n) is 4.49. The fourth-order valence-corrected chi connectivity index (χ4v) is 2.76. The van der Waals surface area contributed by atoms with Crippen LogP contribution in [0.15, 0.2) is 24.3 Å². The molecule has 1 aliphatic heterocycles. The van der Waals surface area contributed by atoms with E-state index < -0.39 is 6.10 Å². The van der Waals surface area contributed by atoms with Gasteiger partial charge in [0, 0.05) is 31.8 Å². The molecule has 1 atom stereocenters. The Morgan fingerprint density at radius 3 is 2.36 bits per heavy atom. The first-order chi connectivity index (χ1) is 12.0. The number of hydrogen-bond acceptors (Lipinski definition) is 3. The Morgan fingerprint density at radius 2 is 1.76 bits per heavy atom. The van der Waals surface area contributed by atoms with Crippen molar-refractivity contribution in [3.8, 4) is 0 Å². The van der Waals surface area contributed by atoms with Crippen LogP contribution >= 0.6 is 0 Å². The van der Waals surface area contributed by atoms with Gasteiger partial charge < -0.3 is 15.0 Å². The molecule has 25 heavy (non-hydrogen) atoms. The quantitative estimate of drug-likeness (QED) is 0.787. The van der Waals surface area contributed by atoms with Gasteiger partial charge in [-0.3, -0.25) is 9.59 Å². The van der Waals surface area contributed by atoms with Gasteiger partial charge in [-0.2, -0.15) is 0 Å². The van der Waals surface area contributed by atoms with Crippen molar-refractivity contribution < 1.29 is 14.3 Å². The molecule has 0 aliphatic carbocycles. The highest BCUT2D eigenvalue weighted by atomic mass is 16.5. The molecule has 5 heteroatoms. The van der Waals surface area contributed by atoms with Crippen LogP contribution < -0.4 is 5.32 Å². The number of carbonyl (C=O) groups excluding carboxylic acids is 2. The van der Waals surface area contributed by atoms with Crippen LogP contribution in [0.1, 0.15) is 56.0 Å². The number of likely N-dealkylation sites (tertiary alicyclic amines) is 1. The van der Waals surface area contributed by atoms with Crippen molar-refractivity contribution in [1.29, 1.82) is 0 Å². The average molecular weight is 346 g/mol. The third-order valence-corrected chi connectivity index (χ3v) is 4.49. The van der Waals surface area contributed by atoms with Crippen LogP contribution in [-0.2, 0) is 16.1 Å². The van der Waals surface area contributed by atoms with Crippen molar-refractivity contribution in [2.75, 3.05) is 19.7 Å². The molecule has 0 aromatic heterocycles. The molecule has 5 nitrogen and oxygen atoms in total. The monoisotopic (exact) mass is 346 g/mol. The predicted molar refractivity (Wildman–Crippen MR) is 98.3 cm³/mol. The van der Waals surface area contributed by atoms with Crippen molar-refractivity contribution in [3.05, 3.63) is 35.4 Å². The molecule has 1 aromatic carbocycles. The van der Waals surface area contributed by atoms with E-state index in [2.05, 4.69) is 19.2 Å². The van der Waals surface area contributed by atoms with E-state index in [1.807, 2.05) is 29.2 Å². The van der Waals surface area contributed by atoms with Crippen molar-refractivity contribution in [2.45, 2.75) is 52.7 Å². The smallest absolute Gasteiger partial charge is 0.253 e. The van der Waals surface area contributed by atoms with Gasteiger partial charge in [0.1, 0.15) is 6.10 Å². The summed E-state index contributed by atoms with van der Waals surface area (Å²) in [4.78, 5) is 26.2. The molecule has 1 N–H and O–H groups in total. The van der Waals surface area contributed by atoms with E-state index in [4.69, 9.17) is 4.74 Å². The molecule has 138 valence electrons. The summed E-state index contributed by atoms with van der Waals surface area (Å²) < 4.78 is 5.55. The second kappa shape index (κ2) is 9.56. The van der Waals surface area contributed by atoms with E-state index in [9.17, 15) is 9.59 Å². The lowest BCUT2D eigenvalue weighted by Crippen LogP contribution is -2.34. The number of hydrogen-bond donors (Lipinski definition) is 1. The lowest BCUT2D eigenvalue weighted by atomic mass is 10.1. The Balaban J connectivity index is 1.77. The largest absolute Gasteiger partial charge is 0.369 e. The molecule has 0 bridgehead atoms. The first-order valence-corrected chi connectivity index (χ1v) is 9.25. The van der Waals surface area contributed by atoms with Crippen LogP contribution in [0.4, 0.5) is 0 Å². The zero-order chi connectivity index (χ0) is 18.2. The molecular formula is C20H30N2O3. The van der Waals surface area contributed by atoms with Crippen LogP contribution in [-0.4, -0.2) is 42.5 Å². The molecule has 1 heterocycles. The van der Waals surface area contributed by atoms with E-state index >= 15 is 0 Å². The van der Waals surface area contributed by atoms with Crippen molar-refractivity contribution in [1.82, 2.24) is 10.2 Å². The number of benzene rings is 1.